The van der Waals surface area contributed by atoms with Crippen LogP contribution in [0.25, 0.3) is 16.7 Å². The van der Waals surface area contributed by atoms with Crippen LogP contribution in [0.1, 0.15) is 16.2 Å². The molecule has 0 amide bonds. The van der Waals surface area contributed by atoms with Gasteiger partial charge in [-0.05, 0) is 43.5 Å². The van der Waals surface area contributed by atoms with Crippen LogP contribution in [0.4, 0.5) is 0 Å². The second kappa shape index (κ2) is 5.26. The zero-order valence-corrected chi connectivity index (χ0v) is 12.5. The fraction of sp³-hybridized carbons (Fsp3) is 0.125. The van der Waals surface area contributed by atoms with E-state index < -0.39 is 5.97 Å². The lowest BCUT2D eigenvalue weighted by atomic mass is 10.2. The van der Waals surface area contributed by atoms with Crippen LogP contribution in [0.3, 0.4) is 0 Å². The zero-order valence-electron chi connectivity index (χ0n) is 11.7. The van der Waals surface area contributed by atoms with E-state index in [9.17, 15) is 9.90 Å². The van der Waals surface area contributed by atoms with Crippen molar-refractivity contribution in [3.05, 3.63) is 53.9 Å². The maximum atomic E-state index is 11.3. The third-order valence-electron chi connectivity index (χ3n) is 3.39. The Morgan fingerprint density at radius 2 is 2.00 bits per heavy atom. The lowest BCUT2D eigenvalue weighted by molar-refractivity contribution is 0.0699. The Balaban J connectivity index is 2.30. The normalized spacial score (nSPS) is 11.0. The van der Waals surface area contributed by atoms with E-state index >= 15 is 0 Å². The first-order valence-corrected chi connectivity index (χ1v) is 7.70. The Morgan fingerprint density at radius 3 is 2.71 bits per heavy atom. The topological polar surface area (TPSA) is 55.1 Å². The van der Waals surface area contributed by atoms with Crippen molar-refractivity contribution in [2.75, 3.05) is 6.26 Å². The highest BCUT2D eigenvalue weighted by Crippen LogP contribution is 2.26. The van der Waals surface area contributed by atoms with E-state index in [1.165, 1.54) is 0 Å². The summed E-state index contributed by atoms with van der Waals surface area (Å²) in [5.74, 6) is -0.180. The molecule has 106 valence electrons. The number of imidazole rings is 1. The number of rotatable bonds is 3. The molecule has 4 nitrogen and oxygen atoms in total. The summed E-state index contributed by atoms with van der Waals surface area (Å²) in [6, 6.07) is 13.3. The van der Waals surface area contributed by atoms with Crippen LogP contribution in [0.2, 0.25) is 0 Å². The Bertz CT molecular complexity index is 839. The van der Waals surface area contributed by atoms with E-state index in [1.807, 2.05) is 42.0 Å². The highest BCUT2D eigenvalue weighted by Gasteiger charge is 2.15. The summed E-state index contributed by atoms with van der Waals surface area (Å²) in [5, 5.41) is 9.28. The number of para-hydroxylation sites is 1. The van der Waals surface area contributed by atoms with Crippen molar-refractivity contribution >= 4 is 28.8 Å². The van der Waals surface area contributed by atoms with Crippen LogP contribution in [-0.4, -0.2) is 26.9 Å². The van der Waals surface area contributed by atoms with Gasteiger partial charge in [0.1, 0.15) is 11.3 Å². The predicted octanol–water partition coefficient (Wildman–Crippen LogP) is 3.75. The first-order valence-electron chi connectivity index (χ1n) is 6.47. The first-order chi connectivity index (χ1) is 10.1. The molecule has 0 bridgehead atoms. The summed E-state index contributed by atoms with van der Waals surface area (Å²) in [4.78, 5) is 16.9. The summed E-state index contributed by atoms with van der Waals surface area (Å²) in [5.41, 5.74) is 2.56. The van der Waals surface area contributed by atoms with Gasteiger partial charge >= 0.3 is 5.97 Å². The lowest BCUT2D eigenvalue weighted by Gasteiger charge is -2.08. The van der Waals surface area contributed by atoms with Gasteiger partial charge in [-0.25, -0.2) is 9.78 Å². The van der Waals surface area contributed by atoms with Crippen molar-refractivity contribution in [1.29, 1.82) is 0 Å². The third-order valence-corrected chi connectivity index (χ3v) is 4.12. The van der Waals surface area contributed by atoms with Crippen molar-refractivity contribution in [2.45, 2.75) is 11.8 Å². The summed E-state index contributed by atoms with van der Waals surface area (Å²) in [6.45, 7) is 1.89. The number of aryl methyl sites for hydroxylation is 1. The molecule has 0 radical (unpaired) electrons. The molecule has 0 unspecified atom stereocenters. The second-order valence-corrected chi connectivity index (χ2v) is 5.55. The van der Waals surface area contributed by atoms with E-state index in [2.05, 4.69) is 11.1 Å². The number of hydrogen-bond donors (Lipinski definition) is 1. The van der Waals surface area contributed by atoms with E-state index in [4.69, 9.17) is 0 Å². The summed E-state index contributed by atoms with van der Waals surface area (Å²) in [6.07, 6.45) is 2.03. The van der Waals surface area contributed by atoms with Crippen molar-refractivity contribution in [1.82, 2.24) is 9.55 Å². The van der Waals surface area contributed by atoms with Gasteiger partial charge in [0.05, 0.1) is 11.1 Å². The van der Waals surface area contributed by atoms with E-state index in [0.717, 1.165) is 21.9 Å². The monoisotopic (exact) mass is 298 g/mol. The molecule has 0 spiro atoms. The average molecular weight is 298 g/mol. The van der Waals surface area contributed by atoms with E-state index in [0.29, 0.717) is 5.52 Å². The molecule has 0 saturated carbocycles. The number of hydrogen-bond acceptors (Lipinski definition) is 3. The number of thioether (sulfide) groups is 1. The van der Waals surface area contributed by atoms with Gasteiger partial charge in [0.15, 0.2) is 0 Å². The van der Waals surface area contributed by atoms with Gasteiger partial charge in [0, 0.05) is 10.6 Å². The van der Waals surface area contributed by atoms with Crippen LogP contribution in [0.15, 0.2) is 47.4 Å². The smallest absolute Gasteiger partial charge is 0.337 e. The molecule has 21 heavy (non-hydrogen) atoms. The van der Waals surface area contributed by atoms with Gasteiger partial charge in [-0.2, -0.15) is 0 Å². The molecule has 0 fully saturated rings. The largest absolute Gasteiger partial charge is 0.478 e. The Labute approximate surface area is 126 Å². The Kier molecular flexibility index (Phi) is 3.43. The molecule has 0 aliphatic heterocycles. The summed E-state index contributed by atoms with van der Waals surface area (Å²) < 4.78 is 1.99. The quantitative estimate of drug-likeness (QED) is 0.748. The number of aromatic nitrogens is 2. The minimum absolute atomic E-state index is 0.232. The molecule has 1 N–H and O–H groups in total. The van der Waals surface area contributed by atoms with Crippen LogP contribution in [-0.2, 0) is 0 Å². The number of fused-ring (bicyclic) bond motifs is 1. The van der Waals surface area contributed by atoms with Crippen LogP contribution >= 0.6 is 11.8 Å². The Hall–Kier alpha value is -2.27. The van der Waals surface area contributed by atoms with Gasteiger partial charge < -0.3 is 5.11 Å². The van der Waals surface area contributed by atoms with Gasteiger partial charge in [-0.1, -0.05) is 12.1 Å². The number of carboxylic acids is 1. The molecule has 5 heteroatoms. The molecular weight excluding hydrogens is 284 g/mol. The predicted molar refractivity (Wildman–Crippen MR) is 84.5 cm³/mol. The molecule has 1 aromatic heterocycles. The van der Waals surface area contributed by atoms with E-state index in [1.54, 1.807) is 23.9 Å². The average Bonchev–Trinajstić information content (AvgIpc) is 2.82. The standard InChI is InChI=1S/C16H14N2O2S/c1-10-17-15-13(16(19)20)7-4-8-14(15)18(10)11-5-3-6-12(9-11)21-2/h3-9H,1-2H3,(H,19,20). The SMILES string of the molecule is CSc1cccc(-n2c(C)nc3c(C(=O)O)cccc32)c1. The second-order valence-electron chi connectivity index (χ2n) is 4.67. The molecule has 0 saturated heterocycles. The molecule has 0 aliphatic rings. The van der Waals surface area contributed by atoms with Crippen molar-refractivity contribution in [3.63, 3.8) is 0 Å². The fourth-order valence-corrected chi connectivity index (χ4v) is 2.92. The maximum absolute atomic E-state index is 11.3. The minimum Gasteiger partial charge on any atom is -0.478 e. The van der Waals surface area contributed by atoms with Gasteiger partial charge in [0.2, 0.25) is 0 Å². The number of aromatic carboxylic acids is 1. The number of nitrogens with zero attached hydrogens (tertiary/aromatic N) is 2. The molecule has 2 aromatic carbocycles. The molecule has 0 atom stereocenters. The van der Waals surface area contributed by atoms with Crippen LogP contribution in [0, 0.1) is 6.92 Å². The molecule has 3 aromatic rings. The highest BCUT2D eigenvalue weighted by molar-refractivity contribution is 7.98. The van der Waals surface area contributed by atoms with Crippen LogP contribution in [0.5, 0.6) is 0 Å². The summed E-state index contributed by atoms with van der Waals surface area (Å²) in [7, 11) is 0. The molecule has 0 aliphatic carbocycles. The van der Waals surface area contributed by atoms with Gasteiger partial charge in [0.25, 0.3) is 0 Å². The summed E-state index contributed by atoms with van der Waals surface area (Å²) >= 11 is 1.67. The highest BCUT2D eigenvalue weighted by atomic mass is 32.2. The molecular formula is C16H14N2O2S. The molecule has 1 heterocycles. The fourth-order valence-electron chi connectivity index (χ4n) is 2.46. The van der Waals surface area contributed by atoms with Crippen molar-refractivity contribution in [3.8, 4) is 5.69 Å². The van der Waals surface area contributed by atoms with Gasteiger partial charge in [-0.3, -0.25) is 4.57 Å². The zero-order chi connectivity index (χ0) is 15.0. The third kappa shape index (κ3) is 2.29. The van der Waals surface area contributed by atoms with Crippen molar-refractivity contribution in [2.24, 2.45) is 0 Å². The Morgan fingerprint density at radius 1 is 1.24 bits per heavy atom. The van der Waals surface area contributed by atoms with Crippen molar-refractivity contribution < 1.29 is 9.90 Å². The maximum Gasteiger partial charge on any atom is 0.337 e. The first kappa shape index (κ1) is 13.7. The van der Waals surface area contributed by atoms with Crippen LogP contribution < -0.4 is 0 Å². The lowest BCUT2D eigenvalue weighted by Crippen LogP contribution is -1.98. The van der Waals surface area contributed by atoms with E-state index in [-0.39, 0.29) is 5.56 Å². The van der Waals surface area contributed by atoms with Gasteiger partial charge in [-0.15, -0.1) is 11.8 Å². The number of benzene rings is 2. The minimum atomic E-state index is -0.955. The number of carboxylic acid groups (broad SMARTS) is 1. The molecule has 3 rings (SSSR count). The number of carbonyl (C=O) groups is 1.